The number of aromatic nitrogens is 3. The minimum absolute atomic E-state index is 0.0260. The van der Waals surface area contributed by atoms with Crippen molar-refractivity contribution in [2.75, 3.05) is 19.8 Å². The average molecular weight is 283 g/mol. The van der Waals surface area contributed by atoms with Gasteiger partial charge in [-0.25, -0.2) is 4.98 Å². The fourth-order valence-electron chi connectivity index (χ4n) is 2.62. The van der Waals surface area contributed by atoms with Gasteiger partial charge in [-0.05, 0) is 13.0 Å². The zero-order valence-corrected chi connectivity index (χ0v) is 12.2. The maximum atomic E-state index is 12.3. The molecule has 0 spiro atoms. The summed E-state index contributed by atoms with van der Waals surface area (Å²) >= 11 is 0. The van der Waals surface area contributed by atoms with E-state index in [1.807, 2.05) is 31.2 Å². The number of fused-ring (bicyclic) bond motifs is 3. The minimum atomic E-state index is -0.421. The van der Waals surface area contributed by atoms with Crippen molar-refractivity contribution in [3.63, 3.8) is 0 Å². The lowest BCUT2D eigenvalue weighted by molar-refractivity contribution is -0.131. The molecule has 0 aliphatic carbocycles. The molecule has 0 saturated carbocycles. The molecule has 2 N–H and O–H groups in total. The first-order valence-corrected chi connectivity index (χ1v) is 6.73. The van der Waals surface area contributed by atoms with E-state index in [2.05, 4.69) is 9.97 Å². The highest BCUT2D eigenvalue weighted by Gasteiger charge is 2.23. The molecule has 21 heavy (non-hydrogen) atoms. The molecule has 6 nitrogen and oxygen atoms in total. The Morgan fingerprint density at radius 1 is 1.29 bits per heavy atom. The summed E-state index contributed by atoms with van der Waals surface area (Å²) < 4.78 is 1.78. The van der Waals surface area contributed by atoms with Gasteiger partial charge in [-0.15, -0.1) is 0 Å². The van der Waals surface area contributed by atoms with E-state index >= 15 is 0 Å². The highest BCUT2D eigenvalue weighted by Crippen LogP contribution is 2.29. The van der Waals surface area contributed by atoms with Gasteiger partial charge in [0.15, 0.2) is 0 Å². The molecule has 3 aromatic rings. The SMILES string of the molecule is CC(C(=O)N(C)C)n1c(N)nc2cnc3ccccc3c21. The second-order valence-corrected chi connectivity index (χ2v) is 5.26. The Morgan fingerprint density at radius 3 is 2.71 bits per heavy atom. The number of hydrogen-bond donors (Lipinski definition) is 1. The Balaban J connectivity index is 2.34. The number of hydrogen-bond acceptors (Lipinski definition) is 4. The molecule has 0 aliphatic rings. The summed E-state index contributed by atoms with van der Waals surface area (Å²) in [6, 6.07) is 7.35. The number of likely N-dealkylation sites (N-methyl/N-ethyl adjacent to an activating group) is 1. The van der Waals surface area contributed by atoms with Gasteiger partial charge in [0.05, 0.1) is 17.2 Å². The van der Waals surface area contributed by atoms with Crippen molar-refractivity contribution < 1.29 is 4.79 Å². The molecular weight excluding hydrogens is 266 g/mol. The number of carbonyl (C=O) groups is 1. The van der Waals surface area contributed by atoms with Crippen LogP contribution in [-0.4, -0.2) is 39.4 Å². The number of benzene rings is 1. The van der Waals surface area contributed by atoms with Crippen LogP contribution in [-0.2, 0) is 4.79 Å². The van der Waals surface area contributed by atoms with Gasteiger partial charge in [0, 0.05) is 19.5 Å². The first kappa shape index (κ1) is 13.4. The van der Waals surface area contributed by atoms with E-state index in [-0.39, 0.29) is 5.91 Å². The number of amides is 1. The largest absolute Gasteiger partial charge is 0.369 e. The van der Waals surface area contributed by atoms with Gasteiger partial charge < -0.3 is 10.6 Å². The van der Waals surface area contributed by atoms with Gasteiger partial charge in [-0.3, -0.25) is 14.3 Å². The Bertz CT molecular complexity index is 837. The van der Waals surface area contributed by atoms with Crippen molar-refractivity contribution in [1.82, 2.24) is 19.4 Å². The van der Waals surface area contributed by atoms with Crippen molar-refractivity contribution in [3.05, 3.63) is 30.5 Å². The third-order valence-electron chi connectivity index (χ3n) is 3.64. The van der Waals surface area contributed by atoms with E-state index in [0.717, 1.165) is 16.4 Å². The van der Waals surface area contributed by atoms with E-state index < -0.39 is 6.04 Å². The number of nitrogens with zero attached hydrogens (tertiary/aromatic N) is 4. The van der Waals surface area contributed by atoms with Crippen LogP contribution in [0, 0.1) is 0 Å². The fraction of sp³-hybridized carbons (Fsp3) is 0.267. The zero-order valence-electron chi connectivity index (χ0n) is 12.2. The third-order valence-corrected chi connectivity index (χ3v) is 3.64. The molecule has 108 valence electrons. The standard InChI is InChI=1S/C15H17N5O/c1-9(14(21)19(2)3)20-13-10-6-4-5-7-11(10)17-8-12(13)18-15(20)16/h4-9H,1-3H3,(H2,16,18). The van der Waals surface area contributed by atoms with Crippen LogP contribution in [0.5, 0.6) is 0 Å². The number of carbonyl (C=O) groups excluding carboxylic acids is 1. The Hall–Kier alpha value is -2.63. The smallest absolute Gasteiger partial charge is 0.244 e. The van der Waals surface area contributed by atoms with Crippen LogP contribution in [0.1, 0.15) is 13.0 Å². The van der Waals surface area contributed by atoms with Crippen LogP contribution in [0.25, 0.3) is 21.9 Å². The first-order chi connectivity index (χ1) is 10.0. The molecule has 6 heteroatoms. The lowest BCUT2D eigenvalue weighted by Gasteiger charge is -2.20. The Morgan fingerprint density at radius 2 is 2.00 bits per heavy atom. The lowest BCUT2D eigenvalue weighted by atomic mass is 10.2. The highest BCUT2D eigenvalue weighted by atomic mass is 16.2. The van der Waals surface area contributed by atoms with Crippen molar-refractivity contribution in [1.29, 1.82) is 0 Å². The number of anilines is 1. The summed E-state index contributed by atoms with van der Waals surface area (Å²) in [6.07, 6.45) is 1.69. The minimum Gasteiger partial charge on any atom is -0.369 e. The normalized spacial score (nSPS) is 12.7. The van der Waals surface area contributed by atoms with E-state index in [4.69, 9.17) is 5.73 Å². The monoisotopic (exact) mass is 283 g/mol. The molecule has 0 bridgehead atoms. The van der Waals surface area contributed by atoms with Crippen LogP contribution in [0.4, 0.5) is 5.95 Å². The van der Waals surface area contributed by atoms with E-state index in [9.17, 15) is 4.79 Å². The highest BCUT2D eigenvalue weighted by molar-refractivity contribution is 6.03. The fourth-order valence-corrected chi connectivity index (χ4v) is 2.62. The number of para-hydroxylation sites is 1. The number of imidazole rings is 1. The van der Waals surface area contributed by atoms with Crippen LogP contribution in [0.3, 0.4) is 0 Å². The van der Waals surface area contributed by atoms with Crippen molar-refractivity contribution in [3.8, 4) is 0 Å². The predicted molar refractivity (Wildman–Crippen MR) is 82.9 cm³/mol. The Labute approximate surface area is 122 Å². The van der Waals surface area contributed by atoms with E-state index in [1.165, 1.54) is 0 Å². The number of pyridine rings is 1. The second-order valence-electron chi connectivity index (χ2n) is 5.26. The lowest BCUT2D eigenvalue weighted by Crippen LogP contribution is -2.30. The van der Waals surface area contributed by atoms with Crippen LogP contribution < -0.4 is 5.73 Å². The number of rotatable bonds is 2. The Kier molecular flexibility index (Phi) is 3.01. The topological polar surface area (TPSA) is 77.0 Å². The quantitative estimate of drug-likeness (QED) is 0.778. The van der Waals surface area contributed by atoms with Gasteiger partial charge in [0.1, 0.15) is 11.6 Å². The van der Waals surface area contributed by atoms with Crippen LogP contribution >= 0.6 is 0 Å². The molecule has 1 unspecified atom stereocenters. The summed E-state index contributed by atoms with van der Waals surface area (Å²) in [5.74, 6) is 0.299. The average Bonchev–Trinajstić information content (AvgIpc) is 2.82. The molecule has 3 rings (SSSR count). The van der Waals surface area contributed by atoms with Crippen LogP contribution in [0.15, 0.2) is 30.5 Å². The summed E-state index contributed by atoms with van der Waals surface area (Å²) in [5.41, 5.74) is 8.44. The van der Waals surface area contributed by atoms with E-state index in [1.54, 1.807) is 29.8 Å². The van der Waals surface area contributed by atoms with E-state index in [0.29, 0.717) is 11.5 Å². The molecule has 0 radical (unpaired) electrons. The molecule has 0 saturated heterocycles. The van der Waals surface area contributed by atoms with Gasteiger partial charge in [0.25, 0.3) is 0 Å². The van der Waals surface area contributed by atoms with Crippen molar-refractivity contribution >= 4 is 33.8 Å². The maximum Gasteiger partial charge on any atom is 0.244 e. The second kappa shape index (κ2) is 4.73. The summed E-state index contributed by atoms with van der Waals surface area (Å²) in [5, 5.41) is 0.942. The molecule has 2 aromatic heterocycles. The van der Waals surface area contributed by atoms with Gasteiger partial charge in [-0.1, -0.05) is 18.2 Å². The molecule has 2 heterocycles. The van der Waals surface area contributed by atoms with Crippen LogP contribution in [0.2, 0.25) is 0 Å². The maximum absolute atomic E-state index is 12.3. The zero-order chi connectivity index (χ0) is 15.1. The third kappa shape index (κ3) is 1.99. The van der Waals surface area contributed by atoms with Crippen molar-refractivity contribution in [2.24, 2.45) is 0 Å². The number of nitrogens with two attached hydrogens (primary N) is 1. The van der Waals surface area contributed by atoms with Gasteiger partial charge >= 0.3 is 0 Å². The van der Waals surface area contributed by atoms with Gasteiger partial charge in [0.2, 0.25) is 11.9 Å². The van der Waals surface area contributed by atoms with Gasteiger partial charge in [-0.2, -0.15) is 0 Å². The summed E-state index contributed by atoms with van der Waals surface area (Å²) in [4.78, 5) is 22.5. The number of nitrogen functional groups attached to an aromatic ring is 1. The molecule has 0 fully saturated rings. The molecule has 1 aromatic carbocycles. The summed E-state index contributed by atoms with van der Waals surface area (Å²) in [6.45, 7) is 1.83. The summed E-state index contributed by atoms with van der Waals surface area (Å²) in [7, 11) is 3.46. The molecular formula is C15H17N5O. The predicted octanol–water partition coefficient (Wildman–Crippen LogP) is 1.82. The first-order valence-electron chi connectivity index (χ1n) is 6.73. The van der Waals surface area contributed by atoms with Crippen molar-refractivity contribution in [2.45, 2.75) is 13.0 Å². The molecule has 1 atom stereocenters. The molecule has 1 amide bonds. The molecule has 0 aliphatic heterocycles.